The van der Waals surface area contributed by atoms with E-state index in [2.05, 4.69) is 138 Å². The van der Waals surface area contributed by atoms with Crippen LogP contribution < -0.4 is 0 Å². The number of pyridine rings is 1. The number of benzene rings is 7. The van der Waals surface area contributed by atoms with Crippen molar-refractivity contribution in [2.24, 2.45) is 0 Å². The van der Waals surface area contributed by atoms with Gasteiger partial charge in [0, 0.05) is 10.8 Å². The Morgan fingerprint density at radius 2 is 1.03 bits per heavy atom. The van der Waals surface area contributed by atoms with Gasteiger partial charge in [0.2, 0.25) is 0 Å². The minimum Gasteiger partial charge on any atom is -0.292 e. The molecule has 0 spiro atoms. The third-order valence-electron chi connectivity index (χ3n) is 8.32. The van der Waals surface area contributed by atoms with Crippen LogP contribution in [0, 0.1) is 0 Å². The average Bonchev–Trinajstić information content (AvgIpc) is 3.40. The zero-order valence-corrected chi connectivity index (χ0v) is 21.1. The van der Waals surface area contributed by atoms with Crippen molar-refractivity contribution in [2.45, 2.75) is 0 Å². The standard InChI is InChI=1S/C37H22N2/c1-3-9-28-23(7-1)13-14-27-21-25(16-18-29(27)28)26-17-19-31-32-20-15-24-8-2-4-10-30(24)36(32)37-38-33-11-5-6-12-34(33)39(37)35(31)22-26/h1-22H. The number of para-hydroxylation sites is 2. The van der Waals surface area contributed by atoms with Crippen LogP contribution in [0.4, 0.5) is 0 Å². The van der Waals surface area contributed by atoms with Crippen molar-refractivity contribution < 1.29 is 0 Å². The predicted molar refractivity (Wildman–Crippen MR) is 166 cm³/mol. The van der Waals surface area contributed by atoms with E-state index in [4.69, 9.17) is 4.98 Å². The lowest BCUT2D eigenvalue weighted by Crippen LogP contribution is -1.93. The van der Waals surface area contributed by atoms with Gasteiger partial charge in [0.15, 0.2) is 0 Å². The molecule has 2 heteroatoms. The first-order valence-corrected chi connectivity index (χ1v) is 13.4. The van der Waals surface area contributed by atoms with Gasteiger partial charge in [-0.3, -0.25) is 4.40 Å². The zero-order valence-electron chi connectivity index (χ0n) is 21.1. The summed E-state index contributed by atoms with van der Waals surface area (Å²) in [6.07, 6.45) is 0. The number of hydrogen-bond donors (Lipinski definition) is 0. The van der Waals surface area contributed by atoms with Gasteiger partial charge in [-0.1, -0.05) is 109 Å². The van der Waals surface area contributed by atoms with Crippen LogP contribution in [0.5, 0.6) is 0 Å². The monoisotopic (exact) mass is 494 g/mol. The Labute approximate surface area is 224 Å². The molecule has 0 aliphatic heterocycles. The molecule has 7 aromatic carbocycles. The van der Waals surface area contributed by atoms with Gasteiger partial charge in [0.25, 0.3) is 0 Å². The minimum absolute atomic E-state index is 1.01. The van der Waals surface area contributed by atoms with Crippen molar-refractivity contribution in [3.63, 3.8) is 0 Å². The molecule has 0 fully saturated rings. The molecule has 2 nitrogen and oxygen atoms in total. The maximum atomic E-state index is 5.18. The van der Waals surface area contributed by atoms with Gasteiger partial charge in [-0.05, 0) is 73.1 Å². The molecule has 0 aliphatic carbocycles. The van der Waals surface area contributed by atoms with Crippen LogP contribution in [0.3, 0.4) is 0 Å². The molecule has 0 saturated carbocycles. The first-order valence-electron chi connectivity index (χ1n) is 13.4. The summed E-state index contributed by atoms with van der Waals surface area (Å²) in [7, 11) is 0. The van der Waals surface area contributed by atoms with Crippen LogP contribution in [0.25, 0.3) is 81.8 Å². The first-order chi connectivity index (χ1) is 19.3. The molecule has 0 radical (unpaired) electrons. The molecule has 0 saturated heterocycles. The maximum absolute atomic E-state index is 5.18. The van der Waals surface area contributed by atoms with Gasteiger partial charge < -0.3 is 0 Å². The quantitative estimate of drug-likeness (QED) is 0.208. The lowest BCUT2D eigenvalue weighted by Gasteiger charge is -2.13. The molecular formula is C37H22N2. The van der Waals surface area contributed by atoms with Crippen LogP contribution in [0.1, 0.15) is 0 Å². The Hall–Kier alpha value is -5.21. The number of imidazole rings is 1. The molecule has 2 heterocycles. The highest BCUT2D eigenvalue weighted by molar-refractivity contribution is 6.23. The number of hydrogen-bond acceptors (Lipinski definition) is 1. The summed E-state index contributed by atoms with van der Waals surface area (Å²) in [4.78, 5) is 5.18. The highest BCUT2D eigenvalue weighted by Crippen LogP contribution is 2.38. The minimum atomic E-state index is 1.01. The van der Waals surface area contributed by atoms with Crippen LogP contribution in [0.2, 0.25) is 0 Å². The Balaban J connectivity index is 1.39. The van der Waals surface area contributed by atoms with Crippen molar-refractivity contribution in [3.8, 4) is 11.1 Å². The average molecular weight is 495 g/mol. The van der Waals surface area contributed by atoms with E-state index < -0.39 is 0 Å². The van der Waals surface area contributed by atoms with Crippen molar-refractivity contribution in [1.82, 2.24) is 9.38 Å². The van der Waals surface area contributed by atoms with E-state index in [-0.39, 0.29) is 0 Å². The SMILES string of the molecule is c1ccc2c(c1)ccc1cc(-c3ccc4c5ccc6ccccc6c5c5nc6ccccc6n5c4c3)ccc12. The highest BCUT2D eigenvalue weighted by Gasteiger charge is 2.16. The Bertz CT molecular complexity index is 2450. The molecule has 0 unspecified atom stereocenters. The summed E-state index contributed by atoms with van der Waals surface area (Å²) in [5.41, 5.74) is 6.76. The van der Waals surface area contributed by atoms with E-state index in [0.717, 1.165) is 16.7 Å². The Kier molecular flexibility index (Phi) is 4.08. The second-order valence-electron chi connectivity index (χ2n) is 10.4. The number of fused-ring (bicyclic) bond motifs is 13. The molecule has 2 aromatic heterocycles. The van der Waals surface area contributed by atoms with Crippen molar-refractivity contribution in [3.05, 3.63) is 133 Å². The summed E-state index contributed by atoms with van der Waals surface area (Å²) < 4.78 is 2.36. The second-order valence-corrected chi connectivity index (χ2v) is 10.4. The molecule has 0 atom stereocenters. The molecule has 0 amide bonds. The first kappa shape index (κ1) is 20.8. The third kappa shape index (κ3) is 2.89. The van der Waals surface area contributed by atoms with Crippen LogP contribution in [-0.4, -0.2) is 9.38 Å². The zero-order chi connectivity index (χ0) is 25.5. The number of aromatic nitrogens is 2. The maximum Gasteiger partial charge on any atom is 0.147 e. The summed E-state index contributed by atoms with van der Waals surface area (Å²) in [5.74, 6) is 0. The molecule has 180 valence electrons. The molecule has 9 aromatic rings. The van der Waals surface area contributed by atoms with Crippen molar-refractivity contribution in [2.75, 3.05) is 0 Å². The topological polar surface area (TPSA) is 17.3 Å². The molecule has 0 N–H and O–H groups in total. The molecule has 0 bridgehead atoms. The summed E-state index contributed by atoms with van der Waals surface area (Å²) in [5, 5.41) is 11.3. The number of rotatable bonds is 1. The molecule has 39 heavy (non-hydrogen) atoms. The van der Waals surface area contributed by atoms with E-state index >= 15 is 0 Å². The Morgan fingerprint density at radius 3 is 1.92 bits per heavy atom. The van der Waals surface area contributed by atoms with Gasteiger partial charge in [-0.2, -0.15) is 0 Å². The largest absolute Gasteiger partial charge is 0.292 e. The van der Waals surface area contributed by atoms with E-state index in [1.807, 2.05) is 0 Å². The highest BCUT2D eigenvalue weighted by atomic mass is 15.0. The van der Waals surface area contributed by atoms with Gasteiger partial charge >= 0.3 is 0 Å². The van der Waals surface area contributed by atoms with Crippen molar-refractivity contribution >= 4 is 70.7 Å². The summed E-state index contributed by atoms with van der Waals surface area (Å²) in [6.45, 7) is 0. The van der Waals surface area contributed by atoms with Gasteiger partial charge in [-0.25, -0.2) is 4.98 Å². The van der Waals surface area contributed by atoms with Crippen LogP contribution >= 0.6 is 0 Å². The predicted octanol–water partition coefficient (Wildman–Crippen LogP) is 9.92. The molecular weight excluding hydrogens is 472 g/mol. The normalized spacial score (nSPS) is 12.1. The lowest BCUT2D eigenvalue weighted by atomic mass is 9.95. The Morgan fingerprint density at radius 1 is 0.410 bits per heavy atom. The molecule has 9 rings (SSSR count). The lowest BCUT2D eigenvalue weighted by molar-refractivity contribution is 1.32. The second kappa shape index (κ2) is 7.66. The summed E-state index contributed by atoms with van der Waals surface area (Å²) >= 11 is 0. The van der Waals surface area contributed by atoms with E-state index in [1.165, 1.54) is 65.1 Å². The number of nitrogens with zero attached hydrogens (tertiary/aromatic N) is 2. The van der Waals surface area contributed by atoms with Gasteiger partial charge in [-0.15, -0.1) is 0 Å². The molecule has 0 aliphatic rings. The fourth-order valence-corrected chi connectivity index (χ4v) is 6.49. The third-order valence-corrected chi connectivity index (χ3v) is 8.32. The fourth-order valence-electron chi connectivity index (χ4n) is 6.49. The van der Waals surface area contributed by atoms with Gasteiger partial charge in [0.05, 0.1) is 16.6 Å². The van der Waals surface area contributed by atoms with E-state index in [0.29, 0.717) is 0 Å². The van der Waals surface area contributed by atoms with Crippen LogP contribution in [-0.2, 0) is 0 Å². The van der Waals surface area contributed by atoms with Crippen LogP contribution in [0.15, 0.2) is 133 Å². The van der Waals surface area contributed by atoms with Crippen molar-refractivity contribution in [1.29, 1.82) is 0 Å². The smallest absolute Gasteiger partial charge is 0.147 e. The summed E-state index contributed by atoms with van der Waals surface area (Å²) in [6, 6.07) is 48.4. The van der Waals surface area contributed by atoms with E-state index in [1.54, 1.807) is 0 Å². The fraction of sp³-hybridized carbons (Fsp3) is 0. The van der Waals surface area contributed by atoms with Gasteiger partial charge in [0.1, 0.15) is 5.65 Å². The van der Waals surface area contributed by atoms with E-state index in [9.17, 15) is 0 Å².